The third kappa shape index (κ3) is 2.18. The number of fused-ring (bicyclic) bond motifs is 1. The quantitative estimate of drug-likeness (QED) is 0.588. The number of aldehydes is 1. The van der Waals surface area contributed by atoms with E-state index in [1.807, 2.05) is 13.1 Å². The summed E-state index contributed by atoms with van der Waals surface area (Å²) in [4.78, 5) is 26.3. The van der Waals surface area contributed by atoms with Gasteiger partial charge in [-0.1, -0.05) is 0 Å². The molecule has 0 aliphatic carbocycles. The predicted molar refractivity (Wildman–Crippen MR) is 61.0 cm³/mol. The number of imidazole rings is 1. The van der Waals surface area contributed by atoms with Crippen LogP contribution < -0.4 is 0 Å². The van der Waals surface area contributed by atoms with Crippen LogP contribution in [0.15, 0.2) is 18.5 Å². The molecule has 2 rings (SSSR count). The molecule has 5 heteroatoms. The van der Waals surface area contributed by atoms with E-state index in [0.29, 0.717) is 16.9 Å². The van der Waals surface area contributed by atoms with Gasteiger partial charge in [0, 0.05) is 12.4 Å². The molecule has 0 unspecified atom stereocenters. The summed E-state index contributed by atoms with van der Waals surface area (Å²) < 4.78 is 6.32. The SMILES string of the molecule is COC(=O)Cc1cn2cc(C)cc(C=O)c2n1. The van der Waals surface area contributed by atoms with E-state index >= 15 is 0 Å². The van der Waals surface area contributed by atoms with Gasteiger partial charge in [-0.25, -0.2) is 4.98 Å². The Kier molecular flexibility index (Phi) is 2.91. The maximum absolute atomic E-state index is 11.1. The first kappa shape index (κ1) is 11.3. The normalized spacial score (nSPS) is 10.5. The largest absolute Gasteiger partial charge is 0.469 e. The van der Waals surface area contributed by atoms with Crippen molar-refractivity contribution in [1.29, 1.82) is 0 Å². The molecule has 0 amide bonds. The van der Waals surface area contributed by atoms with Crippen LogP contribution in [-0.2, 0) is 16.0 Å². The van der Waals surface area contributed by atoms with Crippen LogP contribution >= 0.6 is 0 Å². The summed E-state index contributed by atoms with van der Waals surface area (Å²) in [6, 6.07) is 1.76. The van der Waals surface area contributed by atoms with Crippen molar-refractivity contribution in [3.63, 3.8) is 0 Å². The molecule has 0 fully saturated rings. The van der Waals surface area contributed by atoms with E-state index in [1.54, 1.807) is 16.7 Å². The van der Waals surface area contributed by atoms with Crippen LogP contribution in [0.5, 0.6) is 0 Å². The van der Waals surface area contributed by atoms with Gasteiger partial charge in [-0.15, -0.1) is 0 Å². The number of methoxy groups -OCH3 is 1. The van der Waals surface area contributed by atoms with Crippen LogP contribution in [0.4, 0.5) is 0 Å². The van der Waals surface area contributed by atoms with Crippen LogP contribution in [0, 0.1) is 6.92 Å². The van der Waals surface area contributed by atoms with Gasteiger partial charge in [0.15, 0.2) is 6.29 Å². The molecule has 0 saturated heterocycles. The Morgan fingerprint density at radius 3 is 2.94 bits per heavy atom. The van der Waals surface area contributed by atoms with E-state index in [4.69, 9.17) is 0 Å². The first-order valence-corrected chi connectivity index (χ1v) is 5.14. The number of ether oxygens (including phenoxy) is 1. The standard InChI is InChI=1S/C12H12N2O3/c1-8-3-9(7-15)12-13-10(4-11(16)17-2)6-14(12)5-8/h3,5-7H,4H2,1-2H3. The van der Waals surface area contributed by atoms with E-state index < -0.39 is 0 Å². The average molecular weight is 232 g/mol. The molecule has 2 aromatic heterocycles. The van der Waals surface area contributed by atoms with Crippen LogP contribution in [0.2, 0.25) is 0 Å². The maximum Gasteiger partial charge on any atom is 0.311 e. The highest BCUT2D eigenvalue weighted by Gasteiger charge is 2.10. The Bertz CT molecular complexity index is 587. The number of carbonyl (C=O) groups is 2. The predicted octanol–water partition coefficient (Wildman–Crippen LogP) is 1.17. The van der Waals surface area contributed by atoms with Crippen molar-refractivity contribution in [2.24, 2.45) is 0 Å². The van der Waals surface area contributed by atoms with Gasteiger partial charge in [-0.05, 0) is 18.6 Å². The summed E-state index contributed by atoms with van der Waals surface area (Å²) in [6.45, 7) is 1.90. The van der Waals surface area contributed by atoms with Gasteiger partial charge in [0.05, 0.1) is 24.8 Å². The number of pyridine rings is 1. The topological polar surface area (TPSA) is 60.7 Å². The zero-order chi connectivity index (χ0) is 12.4. The fourth-order valence-corrected chi connectivity index (χ4v) is 1.71. The summed E-state index contributed by atoms with van der Waals surface area (Å²) in [6.07, 6.45) is 4.45. The van der Waals surface area contributed by atoms with Crippen molar-refractivity contribution in [3.8, 4) is 0 Å². The summed E-state index contributed by atoms with van der Waals surface area (Å²) in [5.41, 5.74) is 2.62. The van der Waals surface area contributed by atoms with Crippen LogP contribution in [-0.4, -0.2) is 28.7 Å². The minimum atomic E-state index is -0.349. The van der Waals surface area contributed by atoms with Gasteiger partial charge in [-0.3, -0.25) is 9.59 Å². The van der Waals surface area contributed by atoms with Crippen molar-refractivity contribution < 1.29 is 14.3 Å². The third-order valence-corrected chi connectivity index (χ3v) is 2.45. The van der Waals surface area contributed by atoms with E-state index in [1.165, 1.54) is 7.11 Å². The molecule has 5 nitrogen and oxygen atoms in total. The number of hydrogen-bond acceptors (Lipinski definition) is 4. The molecule has 0 spiro atoms. The lowest BCUT2D eigenvalue weighted by Crippen LogP contribution is -2.04. The highest BCUT2D eigenvalue weighted by Crippen LogP contribution is 2.12. The van der Waals surface area contributed by atoms with Crippen molar-refractivity contribution in [1.82, 2.24) is 9.38 Å². The smallest absolute Gasteiger partial charge is 0.311 e. The molecular weight excluding hydrogens is 220 g/mol. The third-order valence-electron chi connectivity index (χ3n) is 2.45. The van der Waals surface area contributed by atoms with Gasteiger partial charge in [0.25, 0.3) is 0 Å². The van der Waals surface area contributed by atoms with Crippen molar-refractivity contribution in [2.75, 3.05) is 7.11 Å². The van der Waals surface area contributed by atoms with E-state index in [9.17, 15) is 9.59 Å². The zero-order valence-electron chi connectivity index (χ0n) is 9.64. The number of esters is 1. The molecule has 17 heavy (non-hydrogen) atoms. The van der Waals surface area contributed by atoms with Crippen molar-refractivity contribution in [2.45, 2.75) is 13.3 Å². The van der Waals surface area contributed by atoms with E-state index in [-0.39, 0.29) is 12.4 Å². The second-order valence-corrected chi connectivity index (χ2v) is 3.81. The second-order valence-electron chi connectivity index (χ2n) is 3.81. The van der Waals surface area contributed by atoms with Gasteiger partial charge < -0.3 is 9.14 Å². The van der Waals surface area contributed by atoms with E-state index in [0.717, 1.165) is 11.8 Å². The molecule has 0 radical (unpaired) electrons. The zero-order valence-corrected chi connectivity index (χ0v) is 9.64. The Morgan fingerprint density at radius 1 is 1.53 bits per heavy atom. The molecule has 0 atom stereocenters. The molecule has 88 valence electrons. The average Bonchev–Trinajstić information content (AvgIpc) is 2.69. The molecule has 2 heterocycles. The van der Waals surface area contributed by atoms with Crippen molar-refractivity contribution >= 4 is 17.9 Å². The lowest BCUT2D eigenvalue weighted by atomic mass is 10.2. The first-order valence-electron chi connectivity index (χ1n) is 5.14. The molecule has 0 saturated carbocycles. The monoisotopic (exact) mass is 232 g/mol. The number of aryl methyl sites for hydroxylation is 1. The fraction of sp³-hybridized carbons (Fsp3) is 0.250. The number of rotatable bonds is 3. The van der Waals surface area contributed by atoms with Crippen molar-refractivity contribution in [3.05, 3.63) is 35.3 Å². The molecule has 0 aromatic carbocycles. The minimum Gasteiger partial charge on any atom is -0.469 e. The van der Waals surface area contributed by atoms with Crippen LogP contribution in [0.1, 0.15) is 21.6 Å². The molecule has 0 aliphatic heterocycles. The maximum atomic E-state index is 11.1. The summed E-state index contributed by atoms with van der Waals surface area (Å²) >= 11 is 0. The Hall–Kier alpha value is -2.17. The number of nitrogens with zero attached hydrogens (tertiary/aromatic N) is 2. The Labute approximate surface area is 98.0 Å². The summed E-state index contributed by atoms with van der Waals surface area (Å²) in [7, 11) is 1.33. The lowest BCUT2D eigenvalue weighted by molar-refractivity contribution is -0.139. The molecule has 2 aromatic rings. The minimum absolute atomic E-state index is 0.107. The number of aromatic nitrogens is 2. The van der Waals surface area contributed by atoms with Gasteiger partial charge in [-0.2, -0.15) is 0 Å². The van der Waals surface area contributed by atoms with Gasteiger partial charge >= 0.3 is 5.97 Å². The first-order chi connectivity index (χ1) is 8.13. The van der Waals surface area contributed by atoms with Gasteiger partial charge in [0.1, 0.15) is 5.65 Å². The summed E-state index contributed by atoms with van der Waals surface area (Å²) in [5, 5.41) is 0. The molecule has 0 aliphatic rings. The molecular formula is C12H12N2O3. The fourth-order valence-electron chi connectivity index (χ4n) is 1.71. The Morgan fingerprint density at radius 2 is 2.29 bits per heavy atom. The second kappa shape index (κ2) is 4.37. The van der Waals surface area contributed by atoms with Crippen LogP contribution in [0.25, 0.3) is 5.65 Å². The lowest BCUT2D eigenvalue weighted by Gasteiger charge is -1.98. The number of hydrogen-bond donors (Lipinski definition) is 0. The highest BCUT2D eigenvalue weighted by atomic mass is 16.5. The molecule has 0 N–H and O–H groups in total. The summed E-state index contributed by atoms with van der Waals surface area (Å²) in [5.74, 6) is -0.349. The highest BCUT2D eigenvalue weighted by molar-refractivity contribution is 5.84. The number of carbonyl (C=O) groups excluding carboxylic acids is 2. The van der Waals surface area contributed by atoms with Gasteiger partial charge in [0.2, 0.25) is 0 Å². The Balaban J connectivity index is 2.49. The van der Waals surface area contributed by atoms with Crippen LogP contribution in [0.3, 0.4) is 0 Å². The molecule has 0 bridgehead atoms. The van der Waals surface area contributed by atoms with E-state index in [2.05, 4.69) is 9.72 Å².